The SMILES string of the molecule is CC.Cc1cnn(-c2cc([N-]N3C4CC(C)CC3(c3nnc(C)o3)C4)ccc2Cl)n1.[Y]. The largest absolute Gasteiger partial charge is 0.619 e. The van der Waals surface area contributed by atoms with E-state index in [1.807, 2.05) is 45.9 Å². The van der Waals surface area contributed by atoms with Gasteiger partial charge in [-0.1, -0.05) is 38.4 Å². The second kappa shape index (κ2) is 9.65. The molecule has 4 heterocycles. The molecule has 163 valence electrons. The number of nitrogens with zero attached hydrogens (tertiary/aromatic N) is 7. The summed E-state index contributed by atoms with van der Waals surface area (Å²) < 4.78 is 5.83. The van der Waals surface area contributed by atoms with Gasteiger partial charge in [0.1, 0.15) is 5.69 Å². The van der Waals surface area contributed by atoms with Gasteiger partial charge in [0, 0.05) is 39.6 Å². The first-order chi connectivity index (χ1) is 14.4. The second-order valence-corrected chi connectivity index (χ2v) is 8.32. The summed E-state index contributed by atoms with van der Waals surface area (Å²) in [5, 5.41) is 19.7. The molecule has 0 saturated carbocycles. The zero-order valence-corrected chi connectivity index (χ0v) is 22.2. The van der Waals surface area contributed by atoms with Crippen molar-refractivity contribution in [1.29, 1.82) is 0 Å². The van der Waals surface area contributed by atoms with Crippen LogP contribution >= 0.6 is 11.6 Å². The van der Waals surface area contributed by atoms with Gasteiger partial charge in [-0.25, -0.2) is 0 Å². The Balaban J connectivity index is 0.000000883. The molecule has 3 unspecified atom stereocenters. The van der Waals surface area contributed by atoms with Crippen LogP contribution in [0.25, 0.3) is 11.1 Å². The molecule has 2 aromatic heterocycles. The Hall–Kier alpha value is -1.35. The molecule has 10 heteroatoms. The normalized spacial score (nSPS) is 24.5. The summed E-state index contributed by atoms with van der Waals surface area (Å²) >= 11 is 6.38. The van der Waals surface area contributed by atoms with Gasteiger partial charge in [0.05, 0.1) is 22.5 Å². The van der Waals surface area contributed by atoms with Gasteiger partial charge in [0.25, 0.3) is 0 Å². The number of halogens is 1. The summed E-state index contributed by atoms with van der Waals surface area (Å²) in [6.07, 6.45) is 4.75. The molecule has 2 aliphatic heterocycles. The first-order valence-corrected chi connectivity index (χ1v) is 10.8. The Morgan fingerprint density at radius 2 is 1.97 bits per heavy atom. The second-order valence-electron chi connectivity index (χ2n) is 7.92. The van der Waals surface area contributed by atoms with E-state index < -0.39 is 0 Å². The zero-order valence-electron chi connectivity index (χ0n) is 18.6. The van der Waals surface area contributed by atoms with Crippen LogP contribution in [-0.4, -0.2) is 36.2 Å². The number of hydrogen-bond donors (Lipinski definition) is 0. The van der Waals surface area contributed by atoms with Crippen molar-refractivity contribution in [3.05, 3.63) is 52.3 Å². The average molecular weight is 518 g/mol. The fourth-order valence-electron chi connectivity index (χ4n) is 4.52. The Morgan fingerprint density at radius 3 is 2.61 bits per heavy atom. The molecule has 3 atom stereocenters. The van der Waals surface area contributed by atoms with Crippen LogP contribution in [-0.2, 0) is 38.2 Å². The maximum atomic E-state index is 6.38. The van der Waals surface area contributed by atoms with Crippen LogP contribution < -0.4 is 0 Å². The average Bonchev–Trinajstić information content (AvgIpc) is 3.36. The number of hydrogen-bond acceptors (Lipinski definition) is 6. The summed E-state index contributed by atoms with van der Waals surface area (Å²) in [6, 6.07) is 6.02. The van der Waals surface area contributed by atoms with Crippen molar-refractivity contribution >= 4 is 17.3 Å². The van der Waals surface area contributed by atoms with Crippen LogP contribution in [0.15, 0.2) is 28.8 Å². The molecule has 8 nitrogen and oxygen atoms in total. The number of aromatic nitrogens is 5. The third-order valence-electron chi connectivity index (χ3n) is 5.62. The molecular weight excluding hydrogens is 491 g/mol. The molecule has 1 radical (unpaired) electrons. The third kappa shape index (κ3) is 4.45. The molecule has 0 spiro atoms. The fraction of sp³-hybridized carbons (Fsp3) is 0.524. The minimum absolute atomic E-state index is 0. The van der Waals surface area contributed by atoms with Gasteiger partial charge in [-0.05, 0) is 50.3 Å². The van der Waals surface area contributed by atoms with Gasteiger partial charge in [-0.3, -0.25) is 0 Å². The Morgan fingerprint density at radius 1 is 1.19 bits per heavy atom. The molecule has 2 saturated heterocycles. The van der Waals surface area contributed by atoms with Crippen molar-refractivity contribution in [2.75, 3.05) is 0 Å². The number of piperidine rings is 1. The quantitative estimate of drug-likeness (QED) is 0.469. The summed E-state index contributed by atoms with van der Waals surface area (Å²) in [5.41, 5.74) is 6.97. The van der Waals surface area contributed by atoms with Crippen molar-refractivity contribution in [2.24, 2.45) is 5.92 Å². The monoisotopic (exact) mass is 517 g/mol. The third-order valence-corrected chi connectivity index (χ3v) is 5.94. The fourth-order valence-corrected chi connectivity index (χ4v) is 4.72. The van der Waals surface area contributed by atoms with Gasteiger partial charge in [-0.2, -0.15) is 10.2 Å². The molecule has 0 aliphatic carbocycles. The van der Waals surface area contributed by atoms with Gasteiger partial charge in [0.2, 0.25) is 11.8 Å². The molecular formula is C21H27ClN7OY-. The maximum Gasteiger partial charge on any atom is 0.235 e. The van der Waals surface area contributed by atoms with Gasteiger partial charge in [0.15, 0.2) is 0 Å². The summed E-state index contributed by atoms with van der Waals surface area (Å²) in [7, 11) is 0. The number of benzene rings is 1. The molecule has 2 aliphatic rings. The van der Waals surface area contributed by atoms with Crippen molar-refractivity contribution < 1.29 is 37.1 Å². The Bertz CT molecular complexity index is 1040. The molecule has 5 rings (SSSR count). The summed E-state index contributed by atoms with van der Waals surface area (Å²) in [4.78, 5) is 1.53. The molecule has 3 aromatic rings. The minimum Gasteiger partial charge on any atom is -0.619 e. The van der Waals surface area contributed by atoms with Crippen LogP contribution in [0.5, 0.6) is 0 Å². The van der Waals surface area contributed by atoms with E-state index in [1.54, 1.807) is 6.20 Å². The number of aryl methyl sites for hydroxylation is 2. The van der Waals surface area contributed by atoms with Gasteiger partial charge in [-0.15, -0.1) is 20.7 Å². The van der Waals surface area contributed by atoms with Crippen molar-refractivity contribution in [2.45, 2.75) is 65.5 Å². The smallest absolute Gasteiger partial charge is 0.235 e. The first-order valence-electron chi connectivity index (χ1n) is 10.4. The van der Waals surface area contributed by atoms with E-state index in [4.69, 9.17) is 21.4 Å². The molecule has 2 fully saturated rings. The predicted octanol–water partition coefficient (Wildman–Crippen LogP) is 5.26. The zero-order chi connectivity index (χ0) is 21.5. The van der Waals surface area contributed by atoms with Crippen molar-refractivity contribution in [3.8, 4) is 5.69 Å². The van der Waals surface area contributed by atoms with Crippen LogP contribution in [0, 0.1) is 19.8 Å². The number of rotatable bonds is 4. The summed E-state index contributed by atoms with van der Waals surface area (Å²) in [5.74, 6) is 1.84. The van der Waals surface area contributed by atoms with Crippen LogP contribution in [0.3, 0.4) is 0 Å². The predicted molar refractivity (Wildman–Crippen MR) is 115 cm³/mol. The topological polar surface area (TPSA) is 87.0 Å². The van der Waals surface area contributed by atoms with Crippen molar-refractivity contribution in [3.63, 3.8) is 0 Å². The number of fused-ring (bicyclic) bond motifs is 2. The van der Waals surface area contributed by atoms with E-state index >= 15 is 0 Å². The van der Waals surface area contributed by atoms with E-state index in [0.29, 0.717) is 34.5 Å². The molecule has 1 aromatic carbocycles. The van der Waals surface area contributed by atoms with Crippen LogP contribution in [0.2, 0.25) is 5.02 Å². The standard InChI is InChI=1S/C19H21ClN7O.C2H6.Y/c1-11-6-15-9-19(8-11,18-23-22-13(3)28-18)26(15)25-14-4-5-16(20)17(7-14)27-21-10-12(2)24-27;1-2;/h4-5,7,10-11,15H,6,8-9H2,1-3H3;1-2H3;/q-1;;. The minimum atomic E-state index is -0.316. The van der Waals surface area contributed by atoms with E-state index in [-0.39, 0.29) is 38.2 Å². The maximum absolute atomic E-state index is 6.38. The Labute approximate surface area is 213 Å². The molecule has 31 heavy (non-hydrogen) atoms. The van der Waals surface area contributed by atoms with E-state index in [1.165, 1.54) is 4.80 Å². The summed E-state index contributed by atoms with van der Waals surface area (Å²) in [6.45, 7) is 9.99. The van der Waals surface area contributed by atoms with Gasteiger partial charge >= 0.3 is 0 Å². The van der Waals surface area contributed by atoms with Crippen LogP contribution in [0.1, 0.15) is 57.5 Å². The van der Waals surface area contributed by atoms with E-state index in [2.05, 4.69) is 32.3 Å². The van der Waals surface area contributed by atoms with Crippen LogP contribution in [0.4, 0.5) is 5.69 Å². The van der Waals surface area contributed by atoms with Crippen molar-refractivity contribution in [1.82, 2.24) is 30.2 Å². The molecule has 2 bridgehead atoms. The van der Waals surface area contributed by atoms with Gasteiger partial charge < -0.3 is 14.9 Å². The van der Waals surface area contributed by atoms with E-state index in [9.17, 15) is 0 Å². The molecule has 0 amide bonds. The van der Waals surface area contributed by atoms with E-state index in [0.717, 1.165) is 30.6 Å². The Kier molecular flexibility index (Phi) is 7.56. The first kappa shape index (κ1) is 24.3. The molecule has 0 N–H and O–H groups in total.